The lowest BCUT2D eigenvalue weighted by Gasteiger charge is -2.05. The van der Waals surface area contributed by atoms with Gasteiger partial charge in [-0.3, -0.25) is 9.59 Å². The van der Waals surface area contributed by atoms with E-state index in [-0.39, 0.29) is 11.3 Å². The fraction of sp³-hybridized carbons (Fsp3) is 0.0667. The Morgan fingerprint density at radius 3 is 2.65 bits per heavy atom. The van der Waals surface area contributed by atoms with Crippen molar-refractivity contribution >= 4 is 49.5 Å². The minimum absolute atomic E-state index is 0.110. The minimum Gasteiger partial charge on any atom is -0.456 e. The molecule has 0 radical (unpaired) electrons. The van der Waals surface area contributed by atoms with Gasteiger partial charge in [-0.1, -0.05) is 15.9 Å². The number of hydrogen-bond acceptors (Lipinski definition) is 3. The van der Waals surface area contributed by atoms with Gasteiger partial charge < -0.3 is 9.73 Å². The molecule has 0 saturated carbocycles. The van der Waals surface area contributed by atoms with Crippen molar-refractivity contribution in [2.75, 3.05) is 5.32 Å². The maximum absolute atomic E-state index is 12.4. The molecule has 0 unspecified atom stereocenters. The largest absolute Gasteiger partial charge is 0.456 e. The third-order valence-corrected chi connectivity index (χ3v) is 3.45. The molecule has 3 rings (SSSR count). The van der Waals surface area contributed by atoms with Crippen LogP contribution in [-0.4, -0.2) is 5.91 Å². The summed E-state index contributed by atoms with van der Waals surface area (Å²) in [5.41, 5.74) is 1.49. The quantitative estimate of drug-likeness (QED) is 0.692. The molecule has 5 heteroatoms. The summed E-state index contributed by atoms with van der Waals surface area (Å²) < 4.78 is 6.57. The predicted molar refractivity (Wildman–Crippen MR) is 82.0 cm³/mol. The fourth-order valence-corrected chi connectivity index (χ4v) is 2.45. The Morgan fingerprint density at radius 1 is 1.10 bits per heavy atom. The second kappa shape index (κ2) is 4.76. The lowest BCUT2D eigenvalue weighted by molar-refractivity contribution is -0.114. The number of hydrogen-bond donors (Lipinski definition) is 1. The Hall–Kier alpha value is -2.14. The average Bonchev–Trinajstić information content (AvgIpc) is 2.39. The summed E-state index contributed by atoms with van der Waals surface area (Å²) >= 11 is 3.35. The molecule has 0 aliphatic rings. The second-order valence-electron chi connectivity index (χ2n) is 4.46. The lowest BCUT2D eigenvalue weighted by atomic mass is 10.1. The molecule has 100 valence electrons. The molecular weight excluding hydrogens is 322 g/mol. The Balaban J connectivity index is 2.32. The van der Waals surface area contributed by atoms with E-state index >= 15 is 0 Å². The van der Waals surface area contributed by atoms with Crippen LogP contribution in [0, 0.1) is 0 Å². The van der Waals surface area contributed by atoms with Crippen LogP contribution in [0.5, 0.6) is 0 Å². The first kappa shape index (κ1) is 12.9. The lowest BCUT2D eigenvalue weighted by Crippen LogP contribution is -2.07. The summed E-state index contributed by atoms with van der Waals surface area (Å²) in [6.07, 6.45) is 0. The Kier molecular flexibility index (Phi) is 3.06. The summed E-state index contributed by atoms with van der Waals surface area (Å²) in [4.78, 5) is 23.5. The van der Waals surface area contributed by atoms with E-state index in [1.807, 2.05) is 0 Å². The van der Waals surface area contributed by atoms with E-state index in [1.165, 1.54) is 6.92 Å². The van der Waals surface area contributed by atoms with Crippen LogP contribution < -0.4 is 10.7 Å². The molecule has 0 aliphatic carbocycles. The van der Waals surface area contributed by atoms with E-state index in [1.54, 1.807) is 36.4 Å². The molecule has 1 N–H and O–H groups in total. The predicted octanol–water partition coefficient (Wildman–Crippen LogP) is 3.67. The molecule has 0 spiro atoms. The number of rotatable bonds is 1. The highest BCUT2D eigenvalue weighted by Gasteiger charge is 2.09. The highest BCUT2D eigenvalue weighted by atomic mass is 79.9. The van der Waals surface area contributed by atoms with Gasteiger partial charge in [0.25, 0.3) is 0 Å². The zero-order valence-corrected chi connectivity index (χ0v) is 12.2. The molecule has 1 aromatic heterocycles. The van der Waals surface area contributed by atoms with Crippen molar-refractivity contribution in [2.24, 2.45) is 0 Å². The third kappa shape index (κ3) is 2.20. The van der Waals surface area contributed by atoms with E-state index < -0.39 is 0 Å². The molecule has 4 nitrogen and oxygen atoms in total. The molecule has 0 bridgehead atoms. The number of anilines is 1. The van der Waals surface area contributed by atoms with Gasteiger partial charge in [-0.15, -0.1) is 0 Å². The van der Waals surface area contributed by atoms with Gasteiger partial charge in [-0.25, -0.2) is 0 Å². The molecule has 3 aromatic rings. The van der Waals surface area contributed by atoms with Crippen LogP contribution in [0.3, 0.4) is 0 Å². The van der Waals surface area contributed by atoms with Crippen molar-refractivity contribution in [3.05, 3.63) is 51.1 Å². The summed E-state index contributed by atoms with van der Waals surface area (Å²) in [5, 5.41) is 3.62. The number of halogens is 1. The van der Waals surface area contributed by atoms with Crippen LogP contribution in [0.15, 0.2) is 50.1 Å². The van der Waals surface area contributed by atoms with E-state index in [0.29, 0.717) is 27.6 Å². The maximum Gasteiger partial charge on any atom is 0.221 e. The van der Waals surface area contributed by atoms with Crippen molar-refractivity contribution < 1.29 is 9.21 Å². The fourth-order valence-electron chi connectivity index (χ4n) is 2.11. The topological polar surface area (TPSA) is 59.3 Å². The molecule has 0 fully saturated rings. The molecule has 1 amide bonds. The standard InChI is InChI=1S/C15H10BrNO3/c1-8(18)17-10-3-5-13-12(7-10)15(19)11-4-2-9(16)6-14(11)20-13/h2-7H,1H3,(H,17,18). The van der Waals surface area contributed by atoms with Crippen LogP contribution in [0.1, 0.15) is 6.92 Å². The smallest absolute Gasteiger partial charge is 0.221 e. The van der Waals surface area contributed by atoms with Crippen molar-refractivity contribution in [3.8, 4) is 0 Å². The molecule has 20 heavy (non-hydrogen) atoms. The van der Waals surface area contributed by atoms with Gasteiger partial charge in [0.2, 0.25) is 11.3 Å². The van der Waals surface area contributed by atoms with Gasteiger partial charge in [0.05, 0.1) is 10.8 Å². The van der Waals surface area contributed by atoms with E-state index in [2.05, 4.69) is 21.2 Å². The van der Waals surface area contributed by atoms with Gasteiger partial charge in [-0.05, 0) is 36.4 Å². The number of benzene rings is 2. The highest BCUT2D eigenvalue weighted by Crippen LogP contribution is 2.23. The number of amides is 1. The third-order valence-electron chi connectivity index (χ3n) is 2.95. The van der Waals surface area contributed by atoms with Crippen molar-refractivity contribution in [3.63, 3.8) is 0 Å². The van der Waals surface area contributed by atoms with Crippen molar-refractivity contribution in [2.45, 2.75) is 6.92 Å². The highest BCUT2D eigenvalue weighted by molar-refractivity contribution is 9.10. The van der Waals surface area contributed by atoms with Crippen LogP contribution in [0.25, 0.3) is 21.9 Å². The molecule has 0 saturated heterocycles. The monoisotopic (exact) mass is 331 g/mol. The molecule has 2 aromatic carbocycles. The normalized spacial score (nSPS) is 10.9. The number of carbonyl (C=O) groups is 1. The first-order valence-electron chi connectivity index (χ1n) is 5.98. The van der Waals surface area contributed by atoms with Crippen LogP contribution >= 0.6 is 15.9 Å². The van der Waals surface area contributed by atoms with E-state index in [4.69, 9.17) is 4.42 Å². The summed E-state index contributed by atoms with van der Waals surface area (Å²) in [7, 11) is 0. The zero-order chi connectivity index (χ0) is 14.3. The Bertz CT molecular complexity index is 899. The van der Waals surface area contributed by atoms with Crippen molar-refractivity contribution in [1.82, 2.24) is 0 Å². The van der Waals surface area contributed by atoms with E-state index in [9.17, 15) is 9.59 Å². The number of nitrogens with one attached hydrogen (secondary N) is 1. The minimum atomic E-state index is -0.182. The molecule has 0 aliphatic heterocycles. The summed E-state index contributed by atoms with van der Waals surface area (Å²) in [6.45, 7) is 1.42. The van der Waals surface area contributed by atoms with Gasteiger partial charge in [0.1, 0.15) is 11.2 Å². The zero-order valence-electron chi connectivity index (χ0n) is 10.6. The molecule has 1 heterocycles. The van der Waals surface area contributed by atoms with Crippen molar-refractivity contribution in [1.29, 1.82) is 0 Å². The van der Waals surface area contributed by atoms with Gasteiger partial charge in [-0.2, -0.15) is 0 Å². The Labute approximate surface area is 122 Å². The second-order valence-corrected chi connectivity index (χ2v) is 5.38. The maximum atomic E-state index is 12.4. The summed E-state index contributed by atoms with van der Waals surface area (Å²) in [6, 6.07) is 10.3. The number of carbonyl (C=O) groups excluding carboxylic acids is 1. The average molecular weight is 332 g/mol. The van der Waals surface area contributed by atoms with Crippen LogP contribution in [-0.2, 0) is 4.79 Å². The number of fused-ring (bicyclic) bond motifs is 2. The van der Waals surface area contributed by atoms with Crippen LogP contribution in [0.4, 0.5) is 5.69 Å². The first-order valence-corrected chi connectivity index (χ1v) is 6.77. The SMILES string of the molecule is CC(=O)Nc1ccc2oc3cc(Br)ccc3c(=O)c2c1. The van der Waals surface area contributed by atoms with Crippen LogP contribution in [0.2, 0.25) is 0 Å². The molecule has 0 atom stereocenters. The summed E-state index contributed by atoms with van der Waals surface area (Å²) in [5.74, 6) is -0.182. The Morgan fingerprint density at radius 2 is 1.90 bits per heavy atom. The first-order chi connectivity index (χ1) is 9.54. The van der Waals surface area contributed by atoms with Gasteiger partial charge in [0, 0.05) is 17.1 Å². The van der Waals surface area contributed by atoms with E-state index in [0.717, 1.165) is 4.47 Å². The van der Waals surface area contributed by atoms with Gasteiger partial charge in [0.15, 0.2) is 0 Å². The molecular formula is C15H10BrNO3. The van der Waals surface area contributed by atoms with Gasteiger partial charge >= 0.3 is 0 Å².